The molecule has 1 aromatic carbocycles. The van der Waals surface area contributed by atoms with Crippen molar-refractivity contribution in [1.82, 2.24) is 10.2 Å². The van der Waals surface area contributed by atoms with Gasteiger partial charge in [-0.2, -0.15) is 0 Å². The normalized spacial score (nSPS) is 19.6. The maximum atomic E-state index is 6.64. The van der Waals surface area contributed by atoms with Crippen molar-refractivity contribution in [3.05, 3.63) is 35.4 Å². The summed E-state index contributed by atoms with van der Waals surface area (Å²) in [6.07, 6.45) is 2.42. The van der Waals surface area contributed by atoms with Gasteiger partial charge in [0.15, 0.2) is 8.32 Å². The Kier molecular flexibility index (Phi) is 7.70. The fourth-order valence-electron chi connectivity index (χ4n) is 3.30. The molecular formula is C23H38N2OSi. The van der Waals surface area contributed by atoms with Crippen LogP contribution in [0.1, 0.15) is 57.7 Å². The van der Waals surface area contributed by atoms with E-state index in [1.165, 1.54) is 5.56 Å². The molecule has 1 N–H and O–H groups in total. The van der Waals surface area contributed by atoms with Crippen molar-refractivity contribution in [1.29, 1.82) is 0 Å². The molecule has 1 fully saturated rings. The quantitative estimate of drug-likeness (QED) is 0.561. The second kappa shape index (κ2) is 9.38. The van der Waals surface area contributed by atoms with Gasteiger partial charge in [0, 0.05) is 37.7 Å². The fourth-order valence-corrected chi connectivity index (χ4v) is 4.68. The molecule has 27 heavy (non-hydrogen) atoms. The standard InChI is InChI=1S/C23H38N2OSi/c1-8-9-11-19-12-10-13-20(16-19)22(24-5)18-25-15-14-21(17-25)26-27(6,7)23(2,3)4/h10,12-13,16,21-22,24H,8,14-15,17-18H2,1-7H3/t21-,22+/m0/s1. The third kappa shape index (κ3) is 6.19. The van der Waals surface area contributed by atoms with Crippen LogP contribution < -0.4 is 5.32 Å². The van der Waals surface area contributed by atoms with Crippen molar-refractivity contribution < 1.29 is 4.43 Å². The minimum absolute atomic E-state index is 0.272. The number of nitrogens with one attached hydrogen (secondary N) is 1. The van der Waals surface area contributed by atoms with Gasteiger partial charge in [0.05, 0.1) is 6.10 Å². The zero-order valence-corrected chi connectivity index (χ0v) is 19.4. The average molecular weight is 387 g/mol. The molecule has 0 aromatic heterocycles. The summed E-state index contributed by atoms with van der Waals surface area (Å²) < 4.78 is 6.64. The zero-order valence-electron chi connectivity index (χ0n) is 18.4. The van der Waals surface area contributed by atoms with Gasteiger partial charge >= 0.3 is 0 Å². The largest absolute Gasteiger partial charge is 0.413 e. The summed E-state index contributed by atoms with van der Waals surface area (Å²) in [6.45, 7) is 16.9. The molecule has 1 aromatic rings. The lowest BCUT2D eigenvalue weighted by atomic mass is 10.0. The first-order chi connectivity index (χ1) is 12.7. The van der Waals surface area contributed by atoms with Crippen molar-refractivity contribution in [2.75, 3.05) is 26.7 Å². The van der Waals surface area contributed by atoms with E-state index in [0.717, 1.165) is 38.0 Å². The molecule has 0 aliphatic carbocycles. The second-order valence-electron chi connectivity index (χ2n) is 9.17. The molecule has 0 spiro atoms. The summed E-state index contributed by atoms with van der Waals surface area (Å²) in [6, 6.07) is 8.96. The Hall–Kier alpha value is -1.12. The van der Waals surface area contributed by atoms with Crippen molar-refractivity contribution in [3.8, 4) is 11.8 Å². The number of nitrogens with zero attached hydrogens (tertiary/aromatic N) is 1. The van der Waals surface area contributed by atoms with Crippen molar-refractivity contribution in [2.24, 2.45) is 0 Å². The van der Waals surface area contributed by atoms with Crippen LogP contribution in [0.5, 0.6) is 0 Å². The molecule has 150 valence electrons. The number of rotatable bonds is 6. The topological polar surface area (TPSA) is 24.5 Å². The van der Waals surface area contributed by atoms with E-state index in [1.54, 1.807) is 0 Å². The van der Waals surface area contributed by atoms with Crippen LogP contribution in [0.15, 0.2) is 24.3 Å². The van der Waals surface area contributed by atoms with Crippen LogP contribution in [0.2, 0.25) is 18.1 Å². The van der Waals surface area contributed by atoms with Gasteiger partial charge in [-0.25, -0.2) is 0 Å². The van der Waals surface area contributed by atoms with Gasteiger partial charge in [-0.15, -0.1) is 0 Å². The summed E-state index contributed by atoms with van der Waals surface area (Å²) in [4.78, 5) is 2.55. The minimum atomic E-state index is -1.69. The van der Waals surface area contributed by atoms with Crippen LogP contribution in [0, 0.1) is 11.8 Å². The lowest BCUT2D eigenvalue weighted by Crippen LogP contribution is -2.44. The highest BCUT2D eigenvalue weighted by molar-refractivity contribution is 6.74. The molecular weight excluding hydrogens is 348 g/mol. The SMILES string of the molecule is CCC#Cc1cccc([C@@H](CN2CC[C@H](O[Si](C)(C)C(C)(C)C)C2)NC)c1. The number of hydrogen-bond acceptors (Lipinski definition) is 3. The molecule has 2 rings (SSSR count). The van der Waals surface area contributed by atoms with E-state index in [4.69, 9.17) is 4.43 Å². The molecule has 1 heterocycles. The third-order valence-corrected chi connectivity index (χ3v) is 10.5. The van der Waals surface area contributed by atoms with E-state index in [0.29, 0.717) is 12.1 Å². The highest BCUT2D eigenvalue weighted by Gasteiger charge is 2.40. The Morgan fingerprint density at radius 2 is 2.07 bits per heavy atom. The van der Waals surface area contributed by atoms with Gasteiger partial charge in [-0.3, -0.25) is 4.90 Å². The molecule has 1 aliphatic rings. The summed E-state index contributed by atoms with van der Waals surface area (Å²) in [5, 5.41) is 3.77. The Bertz CT molecular complexity index is 669. The number of likely N-dealkylation sites (N-methyl/N-ethyl adjacent to an activating group) is 1. The number of hydrogen-bond donors (Lipinski definition) is 1. The maximum Gasteiger partial charge on any atom is 0.192 e. The highest BCUT2D eigenvalue weighted by Crippen LogP contribution is 2.38. The van der Waals surface area contributed by atoms with Crippen molar-refractivity contribution >= 4 is 8.32 Å². The van der Waals surface area contributed by atoms with Gasteiger partial charge in [0.2, 0.25) is 0 Å². The first kappa shape index (κ1) is 22.2. The van der Waals surface area contributed by atoms with Crippen LogP contribution in [-0.2, 0) is 4.43 Å². The van der Waals surface area contributed by atoms with E-state index in [1.807, 2.05) is 0 Å². The van der Waals surface area contributed by atoms with Gasteiger partial charge in [-0.05, 0) is 49.3 Å². The molecule has 0 radical (unpaired) electrons. The van der Waals surface area contributed by atoms with Crippen LogP contribution in [0.4, 0.5) is 0 Å². The van der Waals surface area contributed by atoms with E-state index >= 15 is 0 Å². The Morgan fingerprint density at radius 1 is 1.33 bits per heavy atom. The summed E-state index contributed by atoms with van der Waals surface area (Å²) in [5.74, 6) is 6.42. The van der Waals surface area contributed by atoms with Crippen LogP contribution in [0.25, 0.3) is 0 Å². The molecule has 0 saturated carbocycles. The smallest absolute Gasteiger partial charge is 0.192 e. The molecule has 3 nitrogen and oxygen atoms in total. The Morgan fingerprint density at radius 3 is 2.70 bits per heavy atom. The van der Waals surface area contributed by atoms with Gasteiger partial charge in [0.1, 0.15) is 0 Å². The van der Waals surface area contributed by atoms with E-state index < -0.39 is 8.32 Å². The van der Waals surface area contributed by atoms with E-state index in [9.17, 15) is 0 Å². The first-order valence-corrected chi connectivity index (χ1v) is 13.2. The van der Waals surface area contributed by atoms with Crippen LogP contribution in [0.3, 0.4) is 0 Å². The third-order valence-electron chi connectivity index (χ3n) is 5.98. The average Bonchev–Trinajstić information content (AvgIpc) is 3.03. The number of likely N-dealkylation sites (tertiary alicyclic amines) is 1. The molecule has 1 aliphatic heterocycles. The van der Waals surface area contributed by atoms with Crippen molar-refractivity contribution in [2.45, 2.75) is 70.8 Å². The molecule has 1 saturated heterocycles. The molecule has 4 heteroatoms. The number of benzene rings is 1. The predicted octanol–water partition coefficient (Wildman–Crippen LogP) is 4.80. The molecule has 0 bridgehead atoms. The second-order valence-corrected chi connectivity index (χ2v) is 13.9. The minimum Gasteiger partial charge on any atom is -0.413 e. The van der Waals surface area contributed by atoms with E-state index in [2.05, 4.69) is 94.2 Å². The molecule has 2 atom stereocenters. The van der Waals surface area contributed by atoms with Crippen LogP contribution in [-0.4, -0.2) is 46.0 Å². The van der Waals surface area contributed by atoms with Gasteiger partial charge in [-0.1, -0.05) is 51.7 Å². The van der Waals surface area contributed by atoms with Crippen molar-refractivity contribution in [3.63, 3.8) is 0 Å². The lowest BCUT2D eigenvalue weighted by Gasteiger charge is -2.38. The zero-order chi connectivity index (χ0) is 20.1. The van der Waals surface area contributed by atoms with E-state index in [-0.39, 0.29) is 5.04 Å². The lowest BCUT2D eigenvalue weighted by molar-refractivity contribution is 0.177. The Labute approximate surface area is 168 Å². The van der Waals surface area contributed by atoms with Gasteiger partial charge < -0.3 is 9.74 Å². The highest BCUT2D eigenvalue weighted by atomic mass is 28.4. The summed E-state index contributed by atoms with van der Waals surface area (Å²) >= 11 is 0. The van der Waals surface area contributed by atoms with Crippen LogP contribution >= 0.6 is 0 Å². The van der Waals surface area contributed by atoms with Gasteiger partial charge in [0.25, 0.3) is 0 Å². The molecule has 0 unspecified atom stereocenters. The monoisotopic (exact) mass is 386 g/mol. The fraction of sp³-hybridized carbons (Fsp3) is 0.652. The Balaban J connectivity index is 1.98. The summed E-state index contributed by atoms with van der Waals surface area (Å²) in [7, 11) is 0.361. The maximum absolute atomic E-state index is 6.64. The first-order valence-electron chi connectivity index (χ1n) is 10.3. The molecule has 0 amide bonds. The summed E-state index contributed by atoms with van der Waals surface area (Å²) in [5.41, 5.74) is 2.42. The predicted molar refractivity (Wildman–Crippen MR) is 119 cm³/mol.